The van der Waals surface area contributed by atoms with Crippen LogP contribution >= 0.6 is 0 Å². The fourth-order valence-electron chi connectivity index (χ4n) is 1.79. The number of ketones is 1. The number of carbonyl (C=O) groups excluding carboxylic acids is 1. The summed E-state index contributed by atoms with van der Waals surface area (Å²) in [4.78, 5) is 12.0. The molecule has 1 aromatic rings. The number of carbonyl (C=O) groups is 1. The summed E-state index contributed by atoms with van der Waals surface area (Å²) in [5.74, 6) is 1.47. The summed E-state index contributed by atoms with van der Waals surface area (Å²) in [6.07, 6.45) is 1.38. The predicted octanol–water partition coefficient (Wildman–Crippen LogP) is 2.67. The van der Waals surface area contributed by atoms with E-state index in [1.54, 1.807) is 18.2 Å². The molecule has 0 aliphatic carbocycles. The first-order chi connectivity index (χ1) is 9.22. The van der Waals surface area contributed by atoms with Crippen molar-refractivity contribution in [3.63, 3.8) is 0 Å². The van der Waals surface area contributed by atoms with Gasteiger partial charge in [-0.15, -0.1) is 0 Å². The molecule has 4 nitrogen and oxygen atoms in total. The topological polar surface area (TPSA) is 47.6 Å². The van der Waals surface area contributed by atoms with E-state index < -0.39 is 0 Å². The molecule has 0 bridgehead atoms. The van der Waals surface area contributed by atoms with Crippen LogP contribution in [-0.2, 0) is 0 Å². The quantitative estimate of drug-likeness (QED) is 0.551. The van der Waals surface area contributed by atoms with Gasteiger partial charge in [0.2, 0.25) is 0 Å². The number of Topliss-reactive ketones (excluding diaryl/α,β-unsaturated/α-hetero) is 1. The molecule has 0 aliphatic heterocycles. The Morgan fingerprint density at radius 2 is 1.84 bits per heavy atom. The third-order valence-corrected chi connectivity index (χ3v) is 2.70. The van der Waals surface area contributed by atoms with Gasteiger partial charge in [0, 0.05) is 12.0 Å². The number of ether oxygens (including phenoxy) is 2. The predicted molar refractivity (Wildman–Crippen MR) is 76.3 cm³/mol. The van der Waals surface area contributed by atoms with Crippen molar-refractivity contribution in [2.24, 2.45) is 0 Å². The Morgan fingerprint density at radius 3 is 2.47 bits per heavy atom. The molecule has 0 aliphatic rings. The molecule has 19 heavy (non-hydrogen) atoms. The molecule has 0 atom stereocenters. The Kier molecular flexibility index (Phi) is 6.97. The van der Waals surface area contributed by atoms with Crippen LogP contribution in [0, 0.1) is 0 Å². The van der Waals surface area contributed by atoms with Gasteiger partial charge in [0.1, 0.15) is 0 Å². The van der Waals surface area contributed by atoms with Crippen molar-refractivity contribution in [2.45, 2.75) is 26.7 Å². The van der Waals surface area contributed by atoms with Gasteiger partial charge in [-0.2, -0.15) is 0 Å². The van der Waals surface area contributed by atoms with Gasteiger partial charge in [0.05, 0.1) is 13.2 Å². The first-order valence-corrected chi connectivity index (χ1v) is 6.80. The molecule has 0 heterocycles. The van der Waals surface area contributed by atoms with E-state index >= 15 is 0 Å². The van der Waals surface area contributed by atoms with Crippen molar-refractivity contribution in [3.05, 3.63) is 23.8 Å². The second-order valence-corrected chi connectivity index (χ2v) is 4.16. The monoisotopic (exact) mass is 265 g/mol. The average Bonchev–Trinajstić information content (AvgIpc) is 2.41. The van der Waals surface area contributed by atoms with Gasteiger partial charge >= 0.3 is 0 Å². The second kappa shape index (κ2) is 8.53. The largest absolute Gasteiger partial charge is 0.490 e. The van der Waals surface area contributed by atoms with Crippen molar-refractivity contribution < 1.29 is 14.3 Å². The minimum absolute atomic E-state index is 0.138. The Labute approximate surface area is 115 Å². The van der Waals surface area contributed by atoms with Crippen molar-refractivity contribution in [1.29, 1.82) is 0 Å². The maximum Gasteiger partial charge on any atom is 0.163 e. The van der Waals surface area contributed by atoms with Crippen molar-refractivity contribution in [3.8, 4) is 11.5 Å². The Hall–Kier alpha value is -1.55. The van der Waals surface area contributed by atoms with Crippen molar-refractivity contribution in [1.82, 2.24) is 5.32 Å². The van der Waals surface area contributed by atoms with Crippen LogP contribution in [0.2, 0.25) is 0 Å². The molecule has 106 valence electrons. The lowest BCUT2D eigenvalue weighted by Crippen LogP contribution is -2.10. The summed E-state index contributed by atoms with van der Waals surface area (Å²) in [5, 5.41) is 3.04. The van der Waals surface area contributed by atoms with Crippen LogP contribution in [0.3, 0.4) is 0 Å². The van der Waals surface area contributed by atoms with Gasteiger partial charge in [0.25, 0.3) is 0 Å². The number of benzene rings is 1. The van der Waals surface area contributed by atoms with Crippen molar-refractivity contribution >= 4 is 5.78 Å². The summed E-state index contributed by atoms with van der Waals surface area (Å²) in [6.45, 7) is 5.82. The summed E-state index contributed by atoms with van der Waals surface area (Å²) < 4.78 is 11.0. The Morgan fingerprint density at radius 1 is 1.16 bits per heavy atom. The number of rotatable bonds is 9. The number of nitrogens with one attached hydrogen (secondary N) is 1. The summed E-state index contributed by atoms with van der Waals surface area (Å²) >= 11 is 0. The lowest BCUT2D eigenvalue weighted by molar-refractivity contribution is 0.0979. The minimum atomic E-state index is 0.138. The van der Waals surface area contributed by atoms with Gasteiger partial charge in [-0.3, -0.25) is 4.79 Å². The zero-order valence-electron chi connectivity index (χ0n) is 12.0. The molecule has 0 saturated heterocycles. The fourth-order valence-corrected chi connectivity index (χ4v) is 1.79. The third kappa shape index (κ3) is 4.91. The minimum Gasteiger partial charge on any atom is -0.490 e. The zero-order valence-corrected chi connectivity index (χ0v) is 12.0. The van der Waals surface area contributed by atoms with E-state index in [0.717, 1.165) is 13.0 Å². The van der Waals surface area contributed by atoms with E-state index in [4.69, 9.17) is 9.47 Å². The van der Waals surface area contributed by atoms with Crippen LogP contribution < -0.4 is 14.8 Å². The van der Waals surface area contributed by atoms with Crippen LogP contribution in [0.1, 0.15) is 37.0 Å². The van der Waals surface area contributed by atoms with Crippen molar-refractivity contribution in [2.75, 3.05) is 26.8 Å². The third-order valence-electron chi connectivity index (χ3n) is 2.70. The molecule has 0 aromatic heterocycles. The molecule has 1 aromatic carbocycles. The highest BCUT2D eigenvalue weighted by Crippen LogP contribution is 2.29. The van der Waals surface area contributed by atoms with Gasteiger partial charge in [-0.1, -0.05) is 0 Å². The van der Waals surface area contributed by atoms with Crippen LogP contribution in [-0.4, -0.2) is 32.6 Å². The molecule has 0 amide bonds. The van der Waals surface area contributed by atoms with Crippen LogP contribution in [0.25, 0.3) is 0 Å². The molecule has 4 heteroatoms. The smallest absolute Gasteiger partial charge is 0.163 e. The van der Waals surface area contributed by atoms with Gasteiger partial charge in [0.15, 0.2) is 17.3 Å². The van der Waals surface area contributed by atoms with E-state index in [0.29, 0.717) is 36.7 Å². The highest BCUT2D eigenvalue weighted by molar-refractivity contribution is 5.96. The molecule has 0 fully saturated rings. The van der Waals surface area contributed by atoms with E-state index in [2.05, 4.69) is 5.32 Å². The Balaban J connectivity index is 2.78. The first kappa shape index (κ1) is 15.5. The standard InChI is InChI=1S/C15H23NO3/c1-4-18-14-9-8-12(11-15(14)19-5-2)13(17)7-6-10-16-3/h8-9,11,16H,4-7,10H2,1-3H3. The Bertz CT molecular complexity index is 404. The van der Waals surface area contributed by atoms with Crippen LogP contribution in [0.15, 0.2) is 18.2 Å². The van der Waals surface area contributed by atoms with E-state index in [1.807, 2.05) is 20.9 Å². The van der Waals surface area contributed by atoms with Gasteiger partial charge in [-0.25, -0.2) is 0 Å². The number of hydrogen-bond acceptors (Lipinski definition) is 4. The average molecular weight is 265 g/mol. The molecular weight excluding hydrogens is 242 g/mol. The summed E-state index contributed by atoms with van der Waals surface area (Å²) in [6, 6.07) is 5.38. The molecule has 0 unspecified atom stereocenters. The normalized spacial score (nSPS) is 10.3. The maximum absolute atomic E-state index is 12.0. The maximum atomic E-state index is 12.0. The van der Waals surface area contributed by atoms with Gasteiger partial charge < -0.3 is 14.8 Å². The zero-order chi connectivity index (χ0) is 14.1. The lowest BCUT2D eigenvalue weighted by Gasteiger charge is -2.12. The molecule has 0 saturated carbocycles. The van der Waals surface area contributed by atoms with Crippen LogP contribution in [0.5, 0.6) is 11.5 Å². The highest BCUT2D eigenvalue weighted by Gasteiger charge is 2.11. The van der Waals surface area contributed by atoms with E-state index in [-0.39, 0.29) is 5.78 Å². The molecule has 1 rings (SSSR count). The molecule has 0 radical (unpaired) electrons. The first-order valence-electron chi connectivity index (χ1n) is 6.80. The van der Waals surface area contributed by atoms with Crippen LogP contribution in [0.4, 0.5) is 0 Å². The molecule has 0 spiro atoms. The van der Waals surface area contributed by atoms with E-state index in [1.165, 1.54) is 0 Å². The van der Waals surface area contributed by atoms with E-state index in [9.17, 15) is 4.79 Å². The second-order valence-electron chi connectivity index (χ2n) is 4.16. The lowest BCUT2D eigenvalue weighted by atomic mass is 10.1. The molecular formula is C15H23NO3. The fraction of sp³-hybridized carbons (Fsp3) is 0.533. The number of hydrogen-bond donors (Lipinski definition) is 1. The SMILES string of the molecule is CCOc1ccc(C(=O)CCCNC)cc1OCC. The summed E-state index contributed by atoms with van der Waals surface area (Å²) in [7, 11) is 1.88. The summed E-state index contributed by atoms with van der Waals surface area (Å²) in [5.41, 5.74) is 0.683. The highest BCUT2D eigenvalue weighted by atomic mass is 16.5. The van der Waals surface area contributed by atoms with Gasteiger partial charge in [-0.05, 0) is 52.1 Å². The molecule has 1 N–H and O–H groups in total.